The standard InChI is InChI=1S/C38H46N4O4/c1-26(2)42-24-31(23-40-42)30-13-20-39-34(22-30)41(36(45)29-8-5-28(6-9-29)7-12-35(43)44)25-37-14-17-38(18-15-37,19-16-37)32-10-11-33(46-4)27(3)21-32/h10-11,13,20-24,26,28-29H,5-6,8-9,14-19,25H2,1-4H3,(H,43,44). The third-order valence-corrected chi connectivity index (χ3v) is 11.1. The van der Waals surface area contributed by atoms with E-state index in [1.165, 1.54) is 11.1 Å². The number of fused-ring (bicyclic) bond motifs is 3. The van der Waals surface area contributed by atoms with Crippen molar-refractivity contribution in [3.8, 4) is 28.7 Å². The van der Waals surface area contributed by atoms with E-state index in [0.29, 0.717) is 25.2 Å². The summed E-state index contributed by atoms with van der Waals surface area (Å²) in [5, 5.41) is 13.5. The molecule has 1 amide bonds. The molecule has 46 heavy (non-hydrogen) atoms. The number of carbonyl (C=O) groups is 2. The number of pyridine rings is 1. The van der Waals surface area contributed by atoms with Crippen LogP contribution in [0.2, 0.25) is 0 Å². The van der Waals surface area contributed by atoms with E-state index >= 15 is 0 Å². The van der Waals surface area contributed by atoms with Crippen molar-refractivity contribution in [2.24, 2.45) is 17.3 Å². The number of hydrogen-bond acceptors (Lipinski definition) is 5. The van der Waals surface area contributed by atoms with Gasteiger partial charge in [-0.3, -0.25) is 14.4 Å². The molecule has 0 saturated heterocycles. The van der Waals surface area contributed by atoms with Crippen LogP contribution in [0.3, 0.4) is 0 Å². The summed E-state index contributed by atoms with van der Waals surface area (Å²) >= 11 is 0. The highest BCUT2D eigenvalue weighted by atomic mass is 16.5. The van der Waals surface area contributed by atoms with Gasteiger partial charge in [0.05, 0.1) is 13.3 Å². The average molecular weight is 623 g/mol. The fourth-order valence-electron chi connectivity index (χ4n) is 8.13. The maximum Gasteiger partial charge on any atom is 0.381 e. The second kappa shape index (κ2) is 12.9. The molecule has 242 valence electrons. The van der Waals surface area contributed by atoms with Gasteiger partial charge in [0.25, 0.3) is 0 Å². The van der Waals surface area contributed by atoms with Crippen LogP contribution in [0.5, 0.6) is 5.75 Å². The number of methoxy groups -OCH3 is 1. The lowest BCUT2D eigenvalue weighted by Gasteiger charge is -2.55. The van der Waals surface area contributed by atoms with Crippen molar-refractivity contribution in [1.82, 2.24) is 14.8 Å². The van der Waals surface area contributed by atoms with E-state index in [9.17, 15) is 9.59 Å². The molecular weight excluding hydrogens is 576 g/mol. The van der Waals surface area contributed by atoms with Gasteiger partial charge in [-0.05, 0) is 131 Å². The Morgan fingerprint density at radius 2 is 1.76 bits per heavy atom. The zero-order valence-corrected chi connectivity index (χ0v) is 27.6. The van der Waals surface area contributed by atoms with Gasteiger partial charge in [0.15, 0.2) is 0 Å². The average Bonchev–Trinajstić information content (AvgIpc) is 3.58. The van der Waals surface area contributed by atoms with Crippen molar-refractivity contribution >= 4 is 17.7 Å². The molecule has 0 aliphatic heterocycles. The first-order chi connectivity index (χ1) is 22.1. The number of aryl methyl sites for hydroxylation is 1. The van der Waals surface area contributed by atoms with Gasteiger partial charge >= 0.3 is 5.97 Å². The number of carboxylic acids is 1. The van der Waals surface area contributed by atoms with E-state index in [1.54, 1.807) is 7.11 Å². The molecule has 1 aromatic carbocycles. The van der Waals surface area contributed by atoms with E-state index < -0.39 is 5.97 Å². The molecule has 2 heterocycles. The first-order valence-corrected chi connectivity index (χ1v) is 16.8. The van der Waals surface area contributed by atoms with Crippen LogP contribution in [-0.2, 0) is 15.0 Å². The van der Waals surface area contributed by atoms with Crippen molar-refractivity contribution < 1.29 is 19.4 Å². The number of nitrogens with zero attached hydrogens (tertiary/aromatic N) is 4. The van der Waals surface area contributed by atoms with Gasteiger partial charge in [0, 0.05) is 48.3 Å². The molecule has 7 rings (SSSR count). The first kappa shape index (κ1) is 31.8. The quantitative estimate of drug-likeness (QED) is 0.264. The lowest BCUT2D eigenvalue weighted by molar-refractivity contribution is -0.130. The van der Waals surface area contributed by atoms with Crippen LogP contribution in [0.1, 0.15) is 95.2 Å². The Morgan fingerprint density at radius 3 is 2.37 bits per heavy atom. The number of carbonyl (C=O) groups excluding carboxylic acids is 1. The molecular formula is C38H46N4O4. The molecule has 3 aromatic rings. The number of aliphatic carboxylic acids is 1. The zero-order chi connectivity index (χ0) is 32.5. The SMILES string of the molecule is COc1ccc(C23CCC(CN(C(=O)C4CCC(C#CC(=O)O)CC4)c4cc(-c5cnn(C(C)C)c5)ccn4)(CC2)CC3)cc1C. The largest absolute Gasteiger partial charge is 0.496 e. The maximum atomic E-state index is 14.5. The van der Waals surface area contributed by atoms with Gasteiger partial charge < -0.3 is 9.84 Å². The molecule has 4 aliphatic rings. The second-order valence-electron chi connectivity index (χ2n) is 14.2. The monoisotopic (exact) mass is 622 g/mol. The normalized spacial score (nSPS) is 25.5. The van der Waals surface area contributed by atoms with Crippen molar-refractivity contribution in [1.29, 1.82) is 0 Å². The zero-order valence-electron chi connectivity index (χ0n) is 27.6. The van der Waals surface area contributed by atoms with Gasteiger partial charge in [-0.15, -0.1) is 0 Å². The third-order valence-electron chi connectivity index (χ3n) is 11.1. The van der Waals surface area contributed by atoms with Gasteiger partial charge in [-0.25, -0.2) is 9.78 Å². The third kappa shape index (κ3) is 6.42. The number of amides is 1. The van der Waals surface area contributed by atoms with Gasteiger partial charge in [-0.1, -0.05) is 18.1 Å². The van der Waals surface area contributed by atoms with E-state index in [1.807, 2.05) is 28.0 Å². The van der Waals surface area contributed by atoms with Crippen molar-refractivity contribution in [3.63, 3.8) is 0 Å². The molecule has 8 nitrogen and oxygen atoms in total. The Balaban J connectivity index is 1.25. The smallest absolute Gasteiger partial charge is 0.381 e. The van der Waals surface area contributed by atoms with Crippen LogP contribution in [0.15, 0.2) is 48.9 Å². The lowest BCUT2D eigenvalue weighted by Crippen LogP contribution is -2.52. The lowest BCUT2D eigenvalue weighted by atomic mass is 9.51. The summed E-state index contributed by atoms with van der Waals surface area (Å²) in [7, 11) is 1.73. The van der Waals surface area contributed by atoms with Crippen molar-refractivity contribution in [3.05, 3.63) is 60.0 Å². The number of hydrogen-bond donors (Lipinski definition) is 1. The molecule has 4 saturated carbocycles. The van der Waals surface area contributed by atoms with Gasteiger partial charge in [0.2, 0.25) is 5.91 Å². The Labute approximate surface area is 272 Å². The number of anilines is 1. The van der Waals surface area contributed by atoms with Crippen LogP contribution >= 0.6 is 0 Å². The highest BCUT2D eigenvalue weighted by Gasteiger charge is 2.50. The van der Waals surface area contributed by atoms with Crippen LogP contribution in [0.4, 0.5) is 5.82 Å². The predicted octanol–water partition coefficient (Wildman–Crippen LogP) is 7.36. The molecule has 0 atom stereocenters. The topological polar surface area (TPSA) is 97.5 Å². The molecule has 0 unspecified atom stereocenters. The van der Waals surface area contributed by atoms with Gasteiger partial charge in [-0.2, -0.15) is 5.10 Å². The van der Waals surface area contributed by atoms with Gasteiger partial charge in [0.1, 0.15) is 11.6 Å². The summed E-state index contributed by atoms with van der Waals surface area (Å²) < 4.78 is 7.48. The summed E-state index contributed by atoms with van der Waals surface area (Å²) in [6.07, 6.45) is 15.3. The number of aromatic nitrogens is 3. The fourth-order valence-corrected chi connectivity index (χ4v) is 8.13. The molecule has 4 aliphatic carbocycles. The van der Waals surface area contributed by atoms with Crippen LogP contribution in [0, 0.1) is 36.0 Å². The number of benzene rings is 1. The number of rotatable bonds is 8. The minimum atomic E-state index is -1.10. The summed E-state index contributed by atoms with van der Waals surface area (Å²) in [6, 6.07) is 11.0. The molecule has 8 heteroatoms. The Hall–Kier alpha value is -4.12. The Morgan fingerprint density at radius 1 is 1.04 bits per heavy atom. The van der Waals surface area contributed by atoms with Crippen LogP contribution in [0.25, 0.3) is 11.1 Å². The number of carboxylic acid groups (broad SMARTS) is 1. The molecule has 4 fully saturated rings. The van der Waals surface area contributed by atoms with Crippen molar-refractivity contribution in [2.75, 3.05) is 18.6 Å². The van der Waals surface area contributed by atoms with E-state index in [-0.39, 0.29) is 34.6 Å². The number of ether oxygens (including phenoxy) is 1. The summed E-state index contributed by atoms with van der Waals surface area (Å²) in [4.78, 5) is 32.2. The fraction of sp³-hybridized carbons (Fsp3) is 0.526. The molecule has 0 radical (unpaired) electrons. The van der Waals surface area contributed by atoms with E-state index in [4.69, 9.17) is 14.8 Å². The second-order valence-corrected chi connectivity index (χ2v) is 14.2. The van der Waals surface area contributed by atoms with E-state index in [2.05, 4.69) is 68.2 Å². The van der Waals surface area contributed by atoms with Crippen LogP contribution < -0.4 is 9.64 Å². The molecule has 0 spiro atoms. The highest BCUT2D eigenvalue weighted by molar-refractivity contribution is 5.95. The Bertz CT molecular complexity index is 1630. The minimum absolute atomic E-state index is 0.0255. The summed E-state index contributed by atoms with van der Waals surface area (Å²) in [6.45, 7) is 7.01. The summed E-state index contributed by atoms with van der Waals surface area (Å²) in [5.74, 6) is 5.75. The van der Waals surface area contributed by atoms with Crippen LogP contribution in [-0.4, -0.2) is 45.4 Å². The molecule has 2 aromatic heterocycles. The Kier molecular flexibility index (Phi) is 8.96. The summed E-state index contributed by atoms with van der Waals surface area (Å²) in [5.41, 5.74) is 4.87. The minimum Gasteiger partial charge on any atom is -0.496 e. The van der Waals surface area contributed by atoms with Crippen molar-refractivity contribution in [2.45, 2.75) is 96.4 Å². The van der Waals surface area contributed by atoms with E-state index in [0.717, 1.165) is 68.2 Å². The molecule has 1 N–H and O–H groups in total. The highest BCUT2D eigenvalue weighted by Crippen LogP contribution is 2.58. The first-order valence-electron chi connectivity index (χ1n) is 16.8. The predicted molar refractivity (Wildman–Crippen MR) is 179 cm³/mol. The molecule has 2 bridgehead atoms. The maximum absolute atomic E-state index is 14.5.